The molecule has 0 aliphatic carbocycles. The maximum absolute atomic E-state index is 14.0. The minimum absolute atomic E-state index is 0. The van der Waals surface area contributed by atoms with Crippen LogP contribution in [0.1, 0.15) is 78.9 Å². The molecular formula is C55H68F2N14O2S4. The molecule has 4 atom stereocenters. The number of aromatic nitrogens is 10. The van der Waals surface area contributed by atoms with Gasteiger partial charge in [-0.3, -0.25) is 19.8 Å². The second-order valence-corrected chi connectivity index (χ2v) is 21.0. The zero-order valence-corrected chi connectivity index (χ0v) is 48.3. The number of ether oxygens (including phenoxy) is 1. The van der Waals surface area contributed by atoms with E-state index in [1.807, 2.05) is 62.5 Å². The summed E-state index contributed by atoms with van der Waals surface area (Å²) in [5.41, 5.74) is 10.0. The number of carbonyl (C=O) groups is 1. The molecule has 2 aromatic carbocycles. The fraction of sp³-hybridized carbons (Fsp3) is 0.400. The molecule has 22 heteroatoms. The topological polar surface area (TPSA) is 161 Å². The molecule has 4 bridgehead atoms. The number of carbonyl (C=O) groups excluding carboxylic acids is 1. The van der Waals surface area contributed by atoms with Crippen molar-refractivity contribution in [3.8, 4) is 22.8 Å². The number of nitrogens with zero attached hydrogens (tertiary/aromatic N) is 13. The van der Waals surface area contributed by atoms with Crippen LogP contribution >= 0.6 is 54.0 Å². The molecule has 0 spiro atoms. The molecule has 0 radical (unpaired) electrons. The Morgan fingerprint density at radius 1 is 0.584 bits per heavy atom. The molecule has 12 rings (SSSR count). The summed E-state index contributed by atoms with van der Waals surface area (Å²) >= 11 is 0. The summed E-state index contributed by atoms with van der Waals surface area (Å²) in [5.74, 6) is 1.80. The van der Waals surface area contributed by atoms with Crippen molar-refractivity contribution in [3.63, 3.8) is 0 Å². The SMILES string of the molecule is Cc1nc(C)c2nc(-c3cncc(F)c3)n(Cc3ccc(CN4C[C@@H]5C[C@H]4CN5)cc3)c2n1.Cc1nc(C)c2nc(-c3cncc(F)c3)n(Cc3ccc(CN4C[C@@H]5C[C@H]4CN5C(=O)OC(C)(C)C)cc3)c2n1.S.S.S.S. The Hall–Kier alpha value is -5.75. The van der Waals surface area contributed by atoms with Crippen LogP contribution in [-0.4, -0.2) is 126 Å². The third-order valence-electron chi connectivity index (χ3n) is 14.3. The first-order valence-corrected chi connectivity index (χ1v) is 25.1. The highest BCUT2D eigenvalue weighted by molar-refractivity contribution is 7.59. The summed E-state index contributed by atoms with van der Waals surface area (Å²) in [7, 11) is 0. The fourth-order valence-electron chi connectivity index (χ4n) is 11.0. The van der Waals surface area contributed by atoms with Gasteiger partial charge in [-0.1, -0.05) is 48.5 Å². The number of rotatable bonds is 10. The summed E-state index contributed by atoms with van der Waals surface area (Å²) in [5, 5.41) is 3.56. The number of nitrogens with one attached hydrogen (secondary N) is 1. The van der Waals surface area contributed by atoms with Gasteiger partial charge in [0, 0.05) is 87.0 Å². The Kier molecular flexibility index (Phi) is 18.4. The van der Waals surface area contributed by atoms with Gasteiger partial charge in [-0.15, -0.1) is 0 Å². The quantitative estimate of drug-likeness (QED) is 0.139. The van der Waals surface area contributed by atoms with Crippen molar-refractivity contribution in [1.29, 1.82) is 0 Å². The highest BCUT2D eigenvalue weighted by Gasteiger charge is 2.46. The van der Waals surface area contributed by atoms with Crippen molar-refractivity contribution in [1.82, 2.24) is 69.0 Å². The van der Waals surface area contributed by atoms with Crippen LogP contribution in [0.25, 0.3) is 45.1 Å². The monoisotopic (exact) mass is 1120 g/mol. The Morgan fingerprint density at radius 3 is 1.43 bits per heavy atom. The van der Waals surface area contributed by atoms with Crippen molar-refractivity contribution in [2.45, 2.75) is 117 Å². The molecule has 408 valence electrons. The van der Waals surface area contributed by atoms with Gasteiger partial charge in [0.15, 0.2) is 11.3 Å². The van der Waals surface area contributed by atoms with Crippen LogP contribution in [0.3, 0.4) is 0 Å². The normalized spacial score (nSPS) is 18.6. The van der Waals surface area contributed by atoms with E-state index in [0.717, 1.165) is 78.5 Å². The zero-order valence-electron chi connectivity index (χ0n) is 44.3. The Morgan fingerprint density at radius 2 is 1.04 bits per heavy atom. The first kappa shape index (κ1) is 58.9. The van der Waals surface area contributed by atoms with Gasteiger partial charge >= 0.3 is 6.09 Å². The zero-order chi connectivity index (χ0) is 50.7. The molecule has 4 aliphatic rings. The van der Waals surface area contributed by atoms with E-state index in [4.69, 9.17) is 14.7 Å². The number of likely N-dealkylation sites (tertiary alicyclic amines) is 3. The van der Waals surface area contributed by atoms with Gasteiger partial charge in [0.1, 0.15) is 51.6 Å². The fourth-order valence-corrected chi connectivity index (χ4v) is 11.0. The van der Waals surface area contributed by atoms with Crippen LogP contribution < -0.4 is 5.32 Å². The molecule has 0 unspecified atom stereocenters. The number of fused-ring (bicyclic) bond motifs is 6. The lowest BCUT2D eigenvalue weighted by Crippen LogP contribution is -2.49. The summed E-state index contributed by atoms with van der Waals surface area (Å²) in [6, 6.07) is 22.1. The van der Waals surface area contributed by atoms with Crippen LogP contribution in [0.5, 0.6) is 0 Å². The van der Waals surface area contributed by atoms with Crippen LogP contribution in [0, 0.1) is 39.3 Å². The van der Waals surface area contributed by atoms with Gasteiger partial charge in [-0.2, -0.15) is 54.0 Å². The standard InChI is InChI=1S/C30H34FN7O2.C25H26FN7.4H2S/c1-18-26-28(34-19(2)33-18)38(27(35-26)22-10-23(31)13-32-12-22)15-21-8-6-20(7-9-21)14-36-16-25-11-24(36)17-37(25)29(39)40-30(3,4)5;1-15-23-25(30-16(2)29-15)33(24(31-23)19-7-20(26)10-27-9-19)13-18-5-3-17(4-6-18)12-32-14-21-8-22(32)11-28-21;;;;/h6-10,12-13,24-25H,11,14-17H2,1-5H3;3-7,9-10,21-22,28H,8,11-14H2,1-2H3;4*1H2/t24-,25-;21-,22-;;;;/m00..../s1. The van der Waals surface area contributed by atoms with E-state index in [1.54, 1.807) is 12.4 Å². The van der Waals surface area contributed by atoms with Crippen molar-refractivity contribution in [2.24, 2.45) is 0 Å². The van der Waals surface area contributed by atoms with Gasteiger partial charge < -0.3 is 24.1 Å². The molecule has 8 aromatic rings. The minimum Gasteiger partial charge on any atom is -0.444 e. The molecule has 0 saturated carbocycles. The molecular weight excluding hydrogens is 1050 g/mol. The van der Waals surface area contributed by atoms with E-state index in [2.05, 4.69) is 93.6 Å². The number of piperazine rings is 2. The van der Waals surface area contributed by atoms with Crippen molar-refractivity contribution in [3.05, 3.63) is 142 Å². The average molecular weight is 1120 g/mol. The Labute approximate surface area is 475 Å². The first-order chi connectivity index (χ1) is 35.1. The van der Waals surface area contributed by atoms with Crippen LogP contribution in [-0.2, 0) is 30.9 Å². The molecule has 77 heavy (non-hydrogen) atoms. The van der Waals surface area contributed by atoms with Gasteiger partial charge in [-0.25, -0.2) is 43.5 Å². The van der Waals surface area contributed by atoms with E-state index in [-0.39, 0.29) is 71.9 Å². The number of amides is 1. The van der Waals surface area contributed by atoms with Gasteiger partial charge in [0.05, 0.1) is 36.9 Å². The molecule has 4 saturated heterocycles. The predicted octanol–water partition coefficient (Wildman–Crippen LogP) is 8.58. The molecule has 1 N–H and O–H groups in total. The number of halogens is 2. The number of hydrogen-bond acceptors (Lipinski definition) is 13. The number of hydrogen-bond donors (Lipinski definition) is 1. The second-order valence-electron chi connectivity index (χ2n) is 21.0. The van der Waals surface area contributed by atoms with Crippen molar-refractivity contribution < 1.29 is 18.3 Å². The lowest BCUT2D eigenvalue weighted by Gasteiger charge is -2.35. The highest BCUT2D eigenvalue weighted by atomic mass is 32.1. The summed E-state index contributed by atoms with van der Waals surface area (Å²) in [6.07, 6.45) is 7.69. The number of imidazole rings is 2. The van der Waals surface area contributed by atoms with E-state index >= 15 is 0 Å². The second kappa shape index (κ2) is 24.1. The first-order valence-electron chi connectivity index (χ1n) is 25.1. The largest absolute Gasteiger partial charge is 0.444 e. The highest BCUT2D eigenvalue weighted by Crippen LogP contribution is 2.34. The number of pyridine rings is 2. The molecule has 10 heterocycles. The molecule has 1 amide bonds. The maximum atomic E-state index is 14.0. The van der Waals surface area contributed by atoms with Gasteiger partial charge in [0.25, 0.3) is 0 Å². The number of aryl methyl sites for hydroxylation is 4. The van der Waals surface area contributed by atoms with E-state index in [1.165, 1.54) is 42.1 Å². The minimum atomic E-state index is -0.483. The summed E-state index contributed by atoms with van der Waals surface area (Å²) in [4.78, 5) is 55.4. The van der Waals surface area contributed by atoms with E-state index in [0.29, 0.717) is 77.7 Å². The summed E-state index contributed by atoms with van der Waals surface area (Å²) < 4.78 is 37.6. The van der Waals surface area contributed by atoms with Gasteiger partial charge in [-0.05, 0) is 95.7 Å². The lowest BCUT2D eigenvalue weighted by molar-refractivity contribution is 0.0124. The smallest absolute Gasteiger partial charge is 0.410 e. The molecule has 16 nitrogen and oxygen atoms in total. The number of benzene rings is 2. The molecule has 4 fully saturated rings. The average Bonchev–Trinajstić information content (AvgIpc) is 4.24. The van der Waals surface area contributed by atoms with Crippen molar-refractivity contribution in [2.75, 3.05) is 26.2 Å². The molecule has 6 aromatic heterocycles. The lowest BCUT2D eigenvalue weighted by atomic mass is 10.1. The Balaban J connectivity index is 0.000000216. The van der Waals surface area contributed by atoms with Crippen LogP contribution in [0.2, 0.25) is 0 Å². The molecule has 4 aliphatic heterocycles. The van der Waals surface area contributed by atoms with Crippen LogP contribution in [0.15, 0.2) is 85.5 Å². The maximum Gasteiger partial charge on any atom is 0.410 e. The van der Waals surface area contributed by atoms with Gasteiger partial charge in [0.2, 0.25) is 0 Å². The third kappa shape index (κ3) is 12.7. The third-order valence-corrected chi connectivity index (χ3v) is 14.3. The van der Waals surface area contributed by atoms with E-state index < -0.39 is 11.4 Å². The van der Waals surface area contributed by atoms with Crippen molar-refractivity contribution >= 4 is 82.4 Å². The van der Waals surface area contributed by atoms with E-state index in [9.17, 15) is 13.6 Å². The Bertz CT molecular complexity index is 3380. The van der Waals surface area contributed by atoms with Crippen LogP contribution in [0.4, 0.5) is 13.6 Å². The summed E-state index contributed by atoms with van der Waals surface area (Å²) in [6.45, 7) is 20.0. The predicted molar refractivity (Wildman–Crippen MR) is 315 cm³/mol.